The second-order valence-electron chi connectivity index (χ2n) is 6.51. The summed E-state index contributed by atoms with van der Waals surface area (Å²) in [5, 5.41) is 9.50. The Labute approximate surface area is 126 Å². The van der Waals surface area contributed by atoms with Gasteiger partial charge in [0.25, 0.3) is 0 Å². The summed E-state index contributed by atoms with van der Waals surface area (Å²) < 4.78 is 32.0. The lowest BCUT2D eigenvalue weighted by molar-refractivity contribution is -0.151. The van der Waals surface area contributed by atoms with Gasteiger partial charge in [0.15, 0.2) is 0 Å². The van der Waals surface area contributed by atoms with Gasteiger partial charge in [-0.1, -0.05) is 6.92 Å². The molecule has 0 radical (unpaired) electrons. The lowest BCUT2D eigenvalue weighted by Crippen LogP contribution is -2.46. The topological polar surface area (TPSA) is 92.7 Å². The number of hydrogen-bond acceptors (Lipinski definition) is 4. The van der Waals surface area contributed by atoms with E-state index in [9.17, 15) is 18.3 Å². The molecule has 21 heavy (non-hydrogen) atoms. The summed E-state index contributed by atoms with van der Waals surface area (Å²) in [5.41, 5.74) is -0.948. The zero-order chi connectivity index (χ0) is 15.5. The highest BCUT2D eigenvalue weighted by molar-refractivity contribution is 7.89. The summed E-state index contributed by atoms with van der Waals surface area (Å²) in [7, 11) is -3.49. The molecule has 1 unspecified atom stereocenters. The van der Waals surface area contributed by atoms with Crippen LogP contribution in [0.2, 0.25) is 0 Å². The number of nitrogens with one attached hydrogen (secondary N) is 1. The van der Waals surface area contributed by atoms with Crippen molar-refractivity contribution in [2.75, 3.05) is 18.9 Å². The van der Waals surface area contributed by atoms with E-state index >= 15 is 0 Å². The summed E-state index contributed by atoms with van der Waals surface area (Å²) in [4.78, 5) is 11.6. The predicted molar refractivity (Wildman–Crippen MR) is 78.5 cm³/mol. The van der Waals surface area contributed by atoms with Crippen LogP contribution in [0.5, 0.6) is 0 Å². The van der Waals surface area contributed by atoms with Gasteiger partial charge in [-0.2, -0.15) is 0 Å². The Kier molecular flexibility index (Phi) is 5.27. The van der Waals surface area contributed by atoms with Crippen LogP contribution in [-0.2, 0) is 19.6 Å². The number of rotatable bonds is 6. The van der Waals surface area contributed by atoms with Gasteiger partial charge < -0.3 is 9.84 Å². The van der Waals surface area contributed by atoms with E-state index in [0.29, 0.717) is 25.4 Å². The molecule has 2 aliphatic rings. The van der Waals surface area contributed by atoms with Crippen LogP contribution in [0, 0.1) is 11.3 Å². The van der Waals surface area contributed by atoms with Crippen molar-refractivity contribution in [1.82, 2.24) is 4.72 Å². The Morgan fingerprint density at radius 3 is 2.52 bits per heavy atom. The summed E-state index contributed by atoms with van der Waals surface area (Å²) in [6.07, 6.45) is 4.12. The molecule has 6 nitrogen and oxygen atoms in total. The lowest BCUT2D eigenvalue weighted by atomic mass is 9.71. The number of ether oxygens (including phenoxy) is 1. The Bertz CT molecular complexity index is 462. The summed E-state index contributed by atoms with van der Waals surface area (Å²) in [6.45, 7) is 2.70. The molecule has 0 aromatic carbocycles. The van der Waals surface area contributed by atoms with Crippen molar-refractivity contribution in [1.29, 1.82) is 0 Å². The smallest absolute Gasteiger partial charge is 0.310 e. The maximum absolute atomic E-state index is 12.1. The lowest BCUT2D eigenvalue weighted by Gasteiger charge is -2.35. The second-order valence-corrected chi connectivity index (χ2v) is 8.36. The Morgan fingerprint density at radius 2 is 2.00 bits per heavy atom. The van der Waals surface area contributed by atoms with Crippen molar-refractivity contribution in [3.05, 3.63) is 0 Å². The summed E-state index contributed by atoms with van der Waals surface area (Å²) in [5.74, 6) is -0.450. The molecule has 0 bridgehead atoms. The number of sulfonamides is 1. The van der Waals surface area contributed by atoms with Crippen LogP contribution in [0.25, 0.3) is 0 Å². The maximum Gasteiger partial charge on any atom is 0.310 e. The van der Waals surface area contributed by atoms with Gasteiger partial charge in [-0.25, -0.2) is 13.1 Å². The van der Waals surface area contributed by atoms with Crippen molar-refractivity contribution in [2.45, 2.75) is 51.6 Å². The molecule has 7 heteroatoms. The fourth-order valence-electron chi connectivity index (χ4n) is 3.11. The van der Waals surface area contributed by atoms with E-state index in [1.807, 2.05) is 0 Å². The molecule has 2 rings (SSSR count). The van der Waals surface area contributed by atoms with E-state index in [0.717, 1.165) is 25.7 Å². The molecular weight excluding hydrogens is 294 g/mol. The van der Waals surface area contributed by atoms with E-state index in [1.165, 1.54) is 0 Å². The van der Waals surface area contributed by atoms with E-state index in [1.54, 1.807) is 0 Å². The van der Waals surface area contributed by atoms with Crippen molar-refractivity contribution < 1.29 is 23.1 Å². The Morgan fingerprint density at radius 1 is 1.33 bits per heavy atom. The second kappa shape index (κ2) is 6.62. The number of hydrogen-bond donors (Lipinski definition) is 2. The molecule has 1 saturated heterocycles. The molecule has 0 aromatic heterocycles. The zero-order valence-corrected chi connectivity index (χ0v) is 13.3. The first-order valence-electron chi connectivity index (χ1n) is 7.65. The normalized spacial score (nSPS) is 34.0. The van der Waals surface area contributed by atoms with Gasteiger partial charge in [-0.05, 0) is 44.4 Å². The van der Waals surface area contributed by atoms with E-state index in [-0.39, 0.29) is 18.4 Å². The standard InChI is InChI=1S/C14H25NO5S/c1-11-4-6-14(7-5-11,13(16)17)10-15-21(18,19)9-12-3-2-8-20-12/h11-12,15H,2-10H2,1H3,(H,16,17). The van der Waals surface area contributed by atoms with Crippen molar-refractivity contribution in [3.8, 4) is 0 Å². The monoisotopic (exact) mass is 319 g/mol. The van der Waals surface area contributed by atoms with Crippen molar-refractivity contribution in [3.63, 3.8) is 0 Å². The van der Waals surface area contributed by atoms with E-state index in [4.69, 9.17) is 4.74 Å². The molecule has 0 aromatic rings. The highest BCUT2D eigenvalue weighted by Gasteiger charge is 2.42. The van der Waals surface area contributed by atoms with Crippen LogP contribution >= 0.6 is 0 Å². The SMILES string of the molecule is CC1CCC(CNS(=O)(=O)CC2CCCO2)(C(=O)O)CC1. The van der Waals surface area contributed by atoms with Gasteiger partial charge in [-0.15, -0.1) is 0 Å². The van der Waals surface area contributed by atoms with Gasteiger partial charge in [0.1, 0.15) is 0 Å². The first kappa shape index (κ1) is 16.7. The van der Waals surface area contributed by atoms with Crippen LogP contribution in [0.1, 0.15) is 45.4 Å². The van der Waals surface area contributed by atoms with Gasteiger partial charge in [0.05, 0.1) is 17.3 Å². The molecule has 1 aliphatic heterocycles. The molecule has 1 atom stereocenters. The molecular formula is C14H25NO5S. The molecule has 1 saturated carbocycles. The predicted octanol–water partition coefficient (Wildman–Crippen LogP) is 1.37. The van der Waals surface area contributed by atoms with Crippen LogP contribution < -0.4 is 4.72 Å². The summed E-state index contributed by atoms with van der Waals surface area (Å²) >= 11 is 0. The number of aliphatic carboxylic acids is 1. The number of carboxylic acid groups (broad SMARTS) is 1. The molecule has 2 fully saturated rings. The van der Waals surface area contributed by atoms with Crippen molar-refractivity contribution >= 4 is 16.0 Å². The molecule has 1 heterocycles. The highest BCUT2D eigenvalue weighted by atomic mass is 32.2. The minimum atomic E-state index is -3.49. The number of carboxylic acids is 1. The maximum atomic E-state index is 12.1. The Balaban J connectivity index is 1.93. The first-order valence-corrected chi connectivity index (χ1v) is 9.31. The van der Waals surface area contributed by atoms with E-state index < -0.39 is 21.4 Å². The van der Waals surface area contributed by atoms with Gasteiger partial charge >= 0.3 is 5.97 Å². The minimum Gasteiger partial charge on any atom is -0.481 e. The number of carbonyl (C=O) groups is 1. The fourth-order valence-corrected chi connectivity index (χ4v) is 4.47. The average Bonchev–Trinajstić information content (AvgIpc) is 2.90. The molecule has 1 aliphatic carbocycles. The van der Waals surface area contributed by atoms with Crippen LogP contribution in [-0.4, -0.2) is 44.5 Å². The zero-order valence-electron chi connectivity index (χ0n) is 12.5. The third kappa shape index (κ3) is 4.40. The first-order chi connectivity index (χ1) is 9.83. The highest BCUT2D eigenvalue weighted by Crippen LogP contribution is 2.38. The third-order valence-electron chi connectivity index (χ3n) is 4.74. The minimum absolute atomic E-state index is 0.00981. The third-order valence-corrected chi connectivity index (χ3v) is 6.14. The van der Waals surface area contributed by atoms with Gasteiger partial charge in [0, 0.05) is 13.2 Å². The van der Waals surface area contributed by atoms with Crippen LogP contribution in [0.4, 0.5) is 0 Å². The largest absolute Gasteiger partial charge is 0.481 e. The molecule has 2 N–H and O–H groups in total. The molecule has 122 valence electrons. The van der Waals surface area contributed by atoms with E-state index in [2.05, 4.69) is 11.6 Å². The van der Waals surface area contributed by atoms with Crippen molar-refractivity contribution in [2.24, 2.45) is 11.3 Å². The van der Waals surface area contributed by atoms with Gasteiger partial charge in [-0.3, -0.25) is 4.79 Å². The average molecular weight is 319 g/mol. The molecule has 0 amide bonds. The van der Waals surface area contributed by atoms with Crippen LogP contribution in [0.15, 0.2) is 0 Å². The fraction of sp³-hybridized carbons (Fsp3) is 0.929. The van der Waals surface area contributed by atoms with Gasteiger partial charge in [0.2, 0.25) is 10.0 Å². The quantitative estimate of drug-likeness (QED) is 0.771. The summed E-state index contributed by atoms with van der Waals surface area (Å²) in [6, 6.07) is 0. The molecule has 0 spiro atoms. The van der Waals surface area contributed by atoms with Crippen LogP contribution in [0.3, 0.4) is 0 Å². The Hall–Kier alpha value is -0.660.